The van der Waals surface area contributed by atoms with Crippen LogP contribution in [0, 0.1) is 27.7 Å². The number of nitrogens with zero attached hydrogens (tertiary/aromatic N) is 4. The van der Waals surface area contributed by atoms with E-state index in [1.54, 1.807) is 0 Å². The molecule has 0 saturated carbocycles. The van der Waals surface area contributed by atoms with Crippen LogP contribution in [0.1, 0.15) is 55.9 Å². The van der Waals surface area contributed by atoms with Crippen LogP contribution in [0.3, 0.4) is 0 Å². The van der Waals surface area contributed by atoms with E-state index in [9.17, 15) is 0 Å². The van der Waals surface area contributed by atoms with Crippen molar-refractivity contribution in [2.24, 2.45) is 0 Å². The second-order valence-electron chi connectivity index (χ2n) is 12.2. The van der Waals surface area contributed by atoms with Gasteiger partial charge in [-0.15, -0.1) is 0 Å². The molecule has 0 atom stereocenters. The molecule has 46 heavy (non-hydrogen) atoms. The summed E-state index contributed by atoms with van der Waals surface area (Å²) in [5, 5.41) is 0. The average molecular weight is 605 g/mol. The summed E-state index contributed by atoms with van der Waals surface area (Å²) < 4.78 is 0. The standard InChI is InChI=1S/C22H24N2.C20H20N2/c1-17-3-5-19(6-4-17)7-8-20-9-11-21(12-10-20)13-14-22-23-15-18(2)16-24-22;1-15-3-5-17(6-4-15)7-8-18-9-11-19(12-10-18)20-21-13-16(2)14-22-20/h3-6,9-12,15-16H,7-8,13-14H2,1-2H3;3-6,9-14H,7-8H2,1-2H3. The van der Waals surface area contributed by atoms with Crippen LogP contribution in [0.2, 0.25) is 0 Å². The molecule has 0 amide bonds. The molecule has 0 aliphatic heterocycles. The second-order valence-corrected chi connectivity index (χ2v) is 12.2. The first kappa shape index (κ1) is 32.4. The van der Waals surface area contributed by atoms with E-state index in [0.29, 0.717) is 0 Å². The predicted octanol–water partition coefficient (Wildman–Crippen LogP) is 9.21. The first-order chi connectivity index (χ1) is 22.4. The van der Waals surface area contributed by atoms with Gasteiger partial charge >= 0.3 is 0 Å². The van der Waals surface area contributed by atoms with Crippen molar-refractivity contribution < 1.29 is 0 Å². The summed E-state index contributed by atoms with van der Waals surface area (Å²) >= 11 is 0. The van der Waals surface area contributed by atoms with Gasteiger partial charge in [0.25, 0.3) is 0 Å². The number of benzene rings is 4. The number of hydrogen-bond acceptors (Lipinski definition) is 4. The molecule has 0 unspecified atom stereocenters. The molecular formula is C42H44N4. The summed E-state index contributed by atoms with van der Waals surface area (Å²) in [5.74, 6) is 1.71. The largest absolute Gasteiger partial charge is 0.241 e. The molecule has 232 valence electrons. The Morgan fingerprint density at radius 3 is 1.02 bits per heavy atom. The highest BCUT2D eigenvalue weighted by atomic mass is 14.9. The summed E-state index contributed by atoms with van der Waals surface area (Å²) in [6, 6.07) is 35.1. The van der Waals surface area contributed by atoms with Crippen LogP contribution in [-0.4, -0.2) is 19.9 Å². The molecule has 4 aromatic carbocycles. The Labute approximate surface area is 274 Å². The van der Waals surface area contributed by atoms with Crippen molar-refractivity contribution in [2.75, 3.05) is 0 Å². The molecule has 4 nitrogen and oxygen atoms in total. The molecule has 0 bridgehead atoms. The van der Waals surface area contributed by atoms with Gasteiger partial charge in [0.1, 0.15) is 5.82 Å². The maximum atomic E-state index is 4.37. The van der Waals surface area contributed by atoms with Crippen molar-refractivity contribution in [3.05, 3.63) is 178 Å². The first-order valence-electron chi connectivity index (χ1n) is 16.2. The van der Waals surface area contributed by atoms with Crippen LogP contribution in [0.25, 0.3) is 11.4 Å². The van der Waals surface area contributed by atoms with E-state index in [4.69, 9.17) is 0 Å². The zero-order valence-corrected chi connectivity index (χ0v) is 27.6. The van der Waals surface area contributed by atoms with Gasteiger partial charge in [-0.2, -0.15) is 0 Å². The third-order valence-corrected chi connectivity index (χ3v) is 8.13. The molecule has 0 radical (unpaired) electrons. The van der Waals surface area contributed by atoms with Crippen LogP contribution in [0.4, 0.5) is 0 Å². The lowest BCUT2D eigenvalue weighted by Gasteiger charge is -2.05. The Balaban J connectivity index is 0.000000182. The van der Waals surface area contributed by atoms with Gasteiger partial charge in [-0.25, -0.2) is 19.9 Å². The van der Waals surface area contributed by atoms with Gasteiger partial charge in [0.15, 0.2) is 5.82 Å². The first-order valence-corrected chi connectivity index (χ1v) is 16.2. The lowest BCUT2D eigenvalue weighted by Crippen LogP contribution is -1.98. The minimum absolute atomic E-state index is 0.788. The predicted molar refractivity (Wildman–Crippen MR) is 190 cm³/mol. The Morgan fingerprint density at radius 2 is 0.630 bits per heavy atom. The van der Waals surface area contributed by atoms with Gasteiger partial charge in [-0.1, -0.05) is 108 Å². The fourth-order valence-electron chi connectivity index (χ4n) is 5.13. The third-order valence-electron chi connectivity index (χ3n) is 8.13. The highest BCUT2D eigenvalue weighted by Crippen LogP contribution is 2.17. The van der Waals surface area contributed by atoms with E-state index in [2.05, 4.69) is 131 Å². The topological polar surface area (TPSA) is 51.6 Å². The number of rotatable bonds is 10. The summed E-state index contributed by atoms with van der Waals surface area (Å²) in [5.41, 5.74) is 12.8. The fraction of sp³-hybridized carbons (Fsp3) is 0.238. The van der Waals surface area contributed by atoms with E-state index in [-0.39, 0.29) is 0 Å². The highest BCUT2D eigenvalue weighted by molar-refractivity contribution is 5.55. The van der Waals surface area contributed by atoms with Gasteiger partial charge in [0, 0.05) is 36.8 Å². The quantitative estimate of drug-likeness (QED) is 0.156. The zero-order chi connectivity index (χ0) is 32.1. The number of aryl methyl sites for hydroxylation is 10. The number of hydrogen-bond donors (Lipinski definition) is 0. The van der Waals surface area contributed by atoms with Gasteiger partial charge in [0.05, 0.1) is 0 Å². The summed E-state index contributed by atoms with van der Waals surface area (Å²) in [7, 11) is 0. The number of aromatic nitrogens is 4. The van der Waals surface area contributed by atoms with Crippen molar-refractivity contribution in [3.8, 4) is 11.4 Å². The lowest BCUT2D eigenvalue weighted by molar-refractivity contribution is 0.851. The molecule has 2 aromatic heterocycles. The average Bonchev–Trinajstić information content (AvgIpc) is 3.09. The summed E-state index contributed by atoms with van der Waals surface area (Å²) in [6.07, 6.45) is 13.7. The van der Waals surface area contributed by atoms with Crippen molar-refractivity contribution in [1.29, 1.82) is 0 Å². The minimum atomic E-state index is 0.788. The van der Waals surface area contributed by atoms with Gasteiger partial charge < -0.3 is 0 Å². The van der Waals surface area contributed by atoms with Crippen LogP contribution in [-0.2, 0) is 38.5 Å². The molecule has 0 spiro atoms. The second kappa shape index (κ2) is 16.4. The lowest BCUT2D eigenvalue weighted by atomic mass is 10.0. The van der Waals surface area contributed by atoms with Crippen LogP contribution < -0.4 is 0 Å². The van der Waals surface area contributed by atoms with E-state index in [1.807, 2.05) is 38.6 Å². The van der Waals surface area contributed by atoms with Crippen molar-refractivity contribution >= 4 is 0 Å². The van der Waals surface area contributed by atoms with Gasteiger partial charge in [-0.05, 0) is 98.7 Å². The van der Waals surface area contributed by atoms with Crippen molar-refractivity contribution in [3.63, 3.8) is 0 Å². The zero-order valence-electron chi connectivity index (χ0n) is 27.6. The fourth-order valence-corrected chi connectivity index (χ4v) is 5.13. The third kappa shape index (κ3) is 10.3. The molecule has 4 heteroatoms. The maximum Gasteiger partial charge on any atom is 0.159 e. The minimum Gasteiger partial charge on any atom is -0.241 e. The Morgan fingerprint density at radius 1 is 0.326 bits per heavy atom. The normalized spacial score (nSPS) is 10.7. The molecule has 6 aromatic rings. The van der Waals surface area contributed by atoms with Crippen LogP contribution >= 0.6 is 0 Å². The molecular weight excluding hydrogens is 560 g/mol. The monoisotopic (exact) mass is 604 g/mol. The molecule has 0 aliphatic carbocycles. The van der Waals surface area contributed by atoms with Gasteiger partial charge in [-0.3, -0.25) is 0 Å². The summed E-state index contributed by atoms with van der Waals surface area (Å²) in [4.78, 5) is 17.5. The Hall–Kier alpha value is -4.96. The Kier molecular flexibility index (Phi) is 11.5. The summed E-state index contributed by atoms with van der Waals surface area (Å²) in [6.45, 7) is 8.26. The van der Waals surface area contributed by atoms with Crippen molar-refractivity contribution in [2.45, 2.75) is 66.2 Å². The maximum absolute atomic E-state index is 4.37. The van der Waals surface area contributed by atoms with Crippen LogP contribution in [0.15, 0.2) is 122 Å². The van der Waals surface area contributed by atoms with E-state index in [0.717, 1.165) is 66.9 Å². The molecule has 0 fully saturated rings. The molecule has 6 rings (SSSR count). The molecule has 2 heterocycles. The smallest absolute Gasteiger partial charge is 0.159 e. The van der Waals surface area contributed by atoms with E-state index < -0.39 is 0 Å². The Bertz CT molecular complexity index is 1690. The molecule has 0 aliphatic rings. The van der Waals surface area contributed by atoms with E-state index in [1.165, 1.54) is 38.9 Å². The van der Waals surface area contributed by atoms with E-state index >= 15 is 0 Å². The van der Waals surface area contributed by atoms with Crippen LogP contribution in [0.5, 0.6) is 0 Å². The molecule has 0 saturated heterocycles. The SMILES string of the molecule is Cc1ccc(CCc2ccc(-c3ncc(C)cn3)cc2)cc1.Cc1ccc(CCc2ccc(CCc3ncc(C)cn3)cc2)cc1. The van der Waals surface area contributed by atoms with Gasteiger partial charge in [0.2, 0.25) is 0 Å². The highest BCUT2D eigenvalue weighted by Gasteiger charge is 2.03. The molecule has 0 N–H and O–H groups in total. The van der Waals surface area contributed by atoms with Crippen molar-refractivity contribution in [1.82, 2.24) is 19.9 Å².